The van der Waals surface area contributed by atoms with Crippen molar-refractivity contribution in [3.8, 4) is 0 Å². The lowest BCUT2D eigenvalue weighted by molar-refractivity contribution is 0.348. The van der Waals surface area contributed by atoms with Gasteiger partial charge in [0.1, 0.15) is 0 Å². The van der Waals surface area contributed by atoms with Crippen molar-refractivity contribution in [3.63, 3.8) is 0 Å². The van der Waals surface area contributed by atoms with Gasteiger partial charge in [-0.1, -0.05) is 41.7 Å². The molecule has 2 rings (SSSR count). The fourth-order valence-electron chi connectivity index (χ4n) is 1.42. The summed E-state index contributed by atoms with van der Waals surface area (Å²) in [5, 5.41) is 0.402. The van der Waals surface area contributed by atoms with E-state index in [9.17, 15) is 0 Å². The van der Waals surface area contributed by atoms with E-state index in [1.807, 2.05) is 20.2 Å². The summed E-state index contributed by atoms with van der Waals surface area (Å²) in [4.78, 5) is 0. The van der Waals surface area contributed by atoms with Crippen LogP contribution in [0.2, 0.25) is 0 Å². The highest BCUT2D eigenvalue weighted by Gasteiger charge is 2.35. The zero-order valence-electron chi connectivity index (χ0n) is 8.79. The van der Waals surface area contributed by atoms with E-state index in [0.717, 1.165) is 6.61 Å². The van der Waals surface area contributed by atoms with Gasteiger partial charge in [-0.2, -0.15) is 0 Å². The maximum absolute atomic E-state index is 5.78. The van der Waals surface area contributed by atoms with Crippen molar-refractivity contribution in [2.24, 2.45) is 0 Å². The second kappa shape index (κ2) is 4.56. The normalized spacial score (nSPS) is 31.0. The number of hydrogen-bond acceptors (Lipinski definition) is 3. The predicted octanol–water partition coefficient (Wildman–Crippen LogP) is 3.28. The molecule has 1 heterocycles. The standard InChI is InChI=1S/C10H14NOPS2/c1-11(2)13(14)12-8-10(15-13)9-6-4-3-5-7-9/h3-7,10H,8H2,1-2H3/t10-,13?/m1/s1. The Morgan fingerprint density at radius 2 is 2.07 bits per heavy atom. The van der Waals surface area contributed by atoms with E-state index in [1.165, 1.54) is 5.56 Å². The van der Waals surface area contributed by atoms with Gasteiger partial charge in [0.15, 0.2) is 5.62 Å². The van der Waals surface area contributed by atoms with Gasteiger partial charge in [0.05, 0.1) is 11.9 Å². The highest BCUT2D eigenvalue weighted by Crippen LogP contribution is 2.71. The van der Waals surface area contributed by atoms with E-state index in [4.69, 9.17) is 16.3 Å². The molecule has 0 aromatic heterocycles. The third kappa shape index (κ3) is 2.45. The molecule has 2 atom stereocenters. The van der Waals surface area contributed by atoms with Crippen LogP contribution in [0.3, 0.4) is 0 Å². The van der Waals surface area contributed by atoms with E-state index >= 15 is 0 Å². The summed E-state index contributed by atoms with van der Waals surface area (Å²) in [7, 11) is 4.00. The molecule has 1 aliphatic rings. The first-order valence-corrected chi connectivity index (χ1v) is 8.93. The maximum Gasteiger partial charge on any atom is 0.188 e. The minimum Gasteiger partial charge on any atom is -0.329 e. The van der Waals surface area contributed by atoms with Gasteiger partial charge in [-0.3, -0.25) is 4.67 Å². The lowest BCUT2D eigenvalue weighted by Gasteiger charge is -2.21. The van der Waals surface area contributed by atoms with Crippen molar-refractivity contribution in [3.05, 3.63) is 35.9 Å². The molecule has 0 bridgehead atoms. The molecule has 0 amide bonds. The Labute approximate surface area is 99.9 Å². The molecule has 15 heavy (non-hydrogen) atoms. The molecular formula is C10H14NOPS2. The van der Waals surface area contributed by atoms with Gasteiger partial charge in [0.25, 0.3) is 0 Å². The molecule has 82 valence electrons. The Morgan fingerprint density at radius 1 is 1.40 bits per heavy atom. The molecule has 1 fully saturated rings. The minimum absolute atomic E-state index is 0.402. The molecular weight excluding hydrogens is 245 g/mol. The summed E-state index contributed by atoms with van der Waals surface area (Å²) >= 11 is 7.35. The van der Waals surface area contributed by atoms with Crippen LogP contribution in [0, 0.1) is 0 Å². The second-order valence-electron chi connectivity index (χ2n) is 3.62. The molecule has 0 radical (unpaired) electrons. The molecule has 1 saturated heterocycles. The van der Waals surface area contributed by atoms with Crippen LogP contribution < -0.4 is 0 Å². The van der Waals surface area contributed by atoms with Crippen LogP contribution in [-0.4, -0.2) is 25.4 Å². The Hall–Kier alpha value is 0.140. The first-order valence-electron chi connectivity index (χ1n) is 4.77. The second-order valence-corrected chi connectivity index (χ2v) is 10.7. The van der Waals surface area contributed by atoms with Crippen LogP contribution in [0.25, 0.3) is 0 Å². The Morgan fingerprint density at radius 3 is 2.60 bits per heavy atom. The predicted molar refractivity (Wildman–Crippen MR) is 70.7 cm³/mol. The van der Waals surface area contributed by atoms with Crippen molar-refractivity contribution in [1.29, 1.82) is 0 Å². The zero-order valence-corrected chi connectivity index (χ0v) is 11.3. The van der Waals surface area contributed by atoms with Gasteiger partial charge in [0, 0.05) is 0 Å². The Bertz CT molecular complexity index is 382. The lowest BCUT2D eigenvalue weighted by Crippen LogP contribution is -2.04. The maximum atomic E-state index is 5.78. The SMILES string of the molecule is CN(C)P1(=S)OC[C@H](c2ccccc2)S1. The van der Waals surface area contributed by atoms with Gasteiger partial charge in [0.2, 0.25) is 0 Å². The van der Waals surface area contributed by atoms with Crippen LogP contribution in [0.5, 0.6) is 0 Å². The number of benzene rings is 1. The third-order valence-electron chi connectivity index (χ3n) is 2.31. The summed E-state index contributed by atoms with van der Waals surface area (Å²) in [6.07, 6.45) is 0. The van der Waals surface area contributed by atoms with Crippen molar-refractivity contribution in [2.45, 2.75) is 5.25 Å². The summed E-state index contributed by atoms with van der Waals surface area (Å²) in [6.45, 7) is 0.740. The number of nitrogens with zero attached hydrogens (tertiary/aromatic N) is 1. The van der Waals surface area contributed by atoms with E-state index < -0.39 is 5.62 Å². The van der Waals surface area contributed by atoms with E-state index in [1.54, 1.807) is 11.4 Å². The van der Waals surface area contributed by atoms with Gasteiger partial charge in [-0.05, 0) is 31.5 Å². The molecule has 1 aliphatic heterocycles. The molecule has 0 N–H and O–H groups in total. The van der Waals surface area contributed by atoms with Crippen LogP contribution in [0.4, 0.5) is 0 Å². The number of rotatable bonds is 2. The molecule has 0 saturated carbocycles. The van der Waals surface area contributed by atoms with Crippen molar-refractivity contribution in [1.82, 2.24) is 4.67 Å². The molecule has 1 unspecified atom stereocenters. The summed E-state index contributed by atoms with van der Waals surface area (Å²) in [5.74, 6) is 0. The molecule has 2 nitrogen and oxygen atoms in total. The lowest BCUT2D eigenvalue weighted by atomic mass is 10.2. The van der Waals surface area contributed by atoms with Crippen LogP contribution in [-0.2, 0) is 16.3 Å². The number of hydrogen-bond donors (Lipinski definition) is 0. The minimum atomic E-state index is -1.78. The first-order chi connectivity index (χ1) is 7.12. The van der Waals surface area contributed by atoms with Gasteiger partial charge in [-0.15, -0.1) is 0 Å². The van der Waals surface area contributed by atoms with Gasteiger partial charge >= 0.3 is 0 Å². The average Bonchev–Trinajstić information content (AvgIpc) is 2.64. The van der Waals surface area contributed by atoms with Gasteiger partial charge in [-0.25, -0.2) is 0 Å². The van der Waals surface area contributed by atoms with Crippen LogP contribution in [0.1, 0.15) is 10.8 Å². The topological polar surface area (TPSA) is 12.5 Å². The molecule has 0 aliphatic carbocycles. The monoisotopic (exact) mass is 259 g/mol. The molecule has 1 aromatic rings. The third-order valence-corrected chi connectivity index (χ3v) is 9.62. The van der Waals surface area contributed by atoms with E-state index in [-0.39, 0.29) is 0 Å². The van der Waals surface area contributed by atoms with Crippen molar-refractivity contribution >= 4 is 28.8 Å². The fourth-order valence-corrected chi connectivity index (χ4v) is 6.63. The van der Waals surface area contributed by atoms with Crippen molar-refractivity contribution < 1.29 is 4.52 Å². The van der Waals surface area contributed by atoms with Crippen LogP contribution in [0.15, 0.2) is 30.3 Å². The smallest absolute Gasteiger partial charge is 0.188 e. The Balaban J connectivity index is 2.15. The molecule has 0 spiro atoms. The highest BCUT2D eigenvalue weighted by atomic mass is 32.9. The van der Waals surface area contributed by atoms with Crippen LogP contribution >= 0.6 is 17.0 Å². The highest BCUT2D eigenvalue weighted by molar-refractivity contribution is 8.69. The van der Waals surface area contributed by atoms with E-state index in [0.29, 0.717) is 5.25 Å². The summed E-state index contributed by atoms with van der Waals surface area (Å²) < 4.78 is 7.84. The fraction of sp³-hybridized carbons (Fsp3) is 0.400. The van der Waals surface area contributed by atoms with Gasteiger partial charge < -0.3 is 4.52 Å². The zero-order chi connectivity index (χ0) is 10.9. The summed E-state index contributed by atoms with van der Waals surface area (Å²) in [6, 6.07) is 10.4. The quantitative estimate of drug-likeness (QED) is 0.755. The average molecular weight is 259 g/mol. The molecule has 5 heteroatoms. The first kappa shape index (κ1) is 11.6. The largest absolute Gasteiger partial charge is 0.329 e. The van der Waals surface area contributed by atoms with Crippen molar-refractivity contribution in [2.75, 3.05) is 20.7 Å². The molecule has 1 aromatic carbocycles. The van der Waals surface area contributed by atoms with E-state index in [2.05, 4.69) is 28.9 Å². The Kier molecular flexibility index (Phi) is 3.53. The summed E-state index contributed by atoms with van der Waals surface area (Å²) in [5.41, 5.74) is -0.464.